The predicted octanol–water partition coefficient (Wildman–Crippen LogP) is 5.30. The average molecular weight is 455 g/mol. The number of piperidine rings is 1. The first-order valence-corrected chi connectivity index (χ1v) is 12.3. The van der Waals surface area contributed by atoms with E-state index in [1.165, 1.54) is 42.1 Å². The van der Waals surface area contributed by atoms with Crippen LogP contribution in [0.1, 0.15) is 62.9 Å². The fourth-order valence-corrected chi connectivity index (χ4v) is 5.59. The van der Waals surface area contributed by atoms with E-state index in [9.17, 15) is 4.79 Å². The van der Waals surface area contributed by atoms with E-state index in [1.54, 1.807) is 13.4 Å². The van der Waals surface area contributed by atoms with Crippen LogP contribution < -0.4 is 4.74 Å². The van der Waals surface area contributed by atoms with Crippen LogP contribution >= 0.6 is 0 Å². The van der Waals surface area contributed by atoms with Crippen molar-refractivity contribution < 1.29 is 19.0 Å². The molecule has 1 N–H and O–H groups in total. The molecule has 1 aromatic heterocycles. The molecule has 0 radical (unpaired) electrons. The third kappa shape index (κ3) is 4.25. The molecule has 5 rings (SSSR count). The van der Waals surface area contributed by atoms with Crippen LogP contribution in [0.5, 0.6) is 5.75 Å². The number of carbonyl (C=O) groups excluding carboxylic acids is 1. The Morgan fingerprint density at radius 3 is 2.67 bits per heavy atom. The van der Waals surface area contributed by atoms with Crippen molar-refractivity contribution in [3.8, 4) is 5.75 Å². The zero-order valence-electron chi connectivity index (χ0n) is 20.9. The molecule has 0 saturated carbocycles. The topological polar surface area (TPSA) is 63.8 Å². The van der Waals surface area contributed by atoms with Gasteiger partial charge in [0.2, 0.25) is 0 Å². The molecule has 1 aromatic carbocycles. The molecular weight excluding hydrogens is 416 g/mol. The second-order valence-electron chi connectivity index (χ2n) is 9.56. The summed E-state index contributed by atoms with van der Waals surface area (Å²) in [5, 5.41) is 1.26. The number of rotatable bonds is 3. The Bertz CT molecular complexity index is 1040. The quantitative estimate of drug-likeness (QED) is 0.638. The number of ether oxygens (including phenoxy) is 3. The molecule has 33 heavy (non-hydrogen) atoms. The minimum Gasteiger partial charge on any atom is -0.497 e. The number of nitrogens with one attached hydrogen (secondary N) is 1. The Hall–Kier alpha value is -2.47. The number of hydrogen-bond acceptors (Lipinski definition) is 5. The van der Waals surface area contributed by atoms with Crippen molar-refractivity contribution in [2.45, 2.75) is 65.5 Å². The van der Waals surface area contributed by atoms with Crippen LogP contribution in [0.15, 0.2) is 24.0 Å². The summed E-state index contributed by atoms with van der Waals surface area (Å²) in [6.45, 7) is 10.5. The van der Waals surface area contributed by atoms with Gasteiger partial charge in [0.25, 0.3) is 0 Å². The lowest BCUT2D eigenvalue weighted by Gasteiger charge is -2.49. The largest absolute Gasteiger partial charge is 0.497 e. The van der Waals surface area contributed by atoms with Crippen LogP contribution in [0.4, 0.5) is 0 Å². The SMILES string of the molecule is CCCC.COC(=O)C1=COC(C)C2CN3CCc4c([nH]c5cc(C)c(OC)cc45)C3CC12. The fourth-order valence-electron chi connectivity index (χ4n) is 5.59. The first-order valence-electron chi connectivity index (χ1n) is 12.3. The molecule has 4 atom stereocenters. The summed E-state index contributed by atoms with van der Waals surface area (Å²) in [6, 6.07) is 4.62. The molecule has 0 aliphatic carbocycles. The van der Waals surface area contributed by atoms with Gasteiger partial charge in [-0.1, -0.05) is 26.7 Å². The van der Waals surface area contributed by atoms with Gasteiger partial charge in [-0.2, -0.15) is 0 Å². The first kappa shape index (κ1) is 23.7. The van der Waals surface area contributed by atoms with E-state index in [0.29, 0.717) is 11.5 Å². The molecule has 3 aliphatic heterocycles. The highest BCUT2D eigenvalue weighted by molar-refractivity contribution is 5.89. The molecule has 6 nitrogen and oxygen atoms in total. The minimum absolute atomic E-state index is 0.102. The van der Waals surface area contributed by atoms with E-state index in [2.05, 4.69) is 49.7 Å². The molecular formula is C27H38N2O4. The Morgan fingerprint density at radius 1 is 1.24 bits per heavy atom. The number of hydrogen-bond donors (Lipinski definition) is 1. The number of nitrogens with zero attached hydrogens (tertiary/aromatic N) is 1. The average Bonchev–Trinajstić information content (AvgIpc) is 3.20. The molecule has 0 bridgehead atoms. The van der Waals surface area contributed by atoms with Gasteiger partial charge in [0, 0.05) is 41.5 Å². The Labute approximate surface area is 197 Å². The van der Waals surface area contributed by atoms with Crippen molar-refractivity contribution in [2.24, 2.45) is 11.8 Å². The number of unbranched alkanes of at least 4 members (excludes halogenated alkanes) is 1. The monoisotopic (exact) mass is 454 g/mol. The summed E-state index contributed by atoms with van der Waals surface area (Å²) in [5.74, 6) is 1.12. The van der Waals surface area contributed by atoms with Gasteiger partial charge < -0.3 is 19.2 Å². The van der Waals surface area contributed by atoms with Crippen LogP contribution in [0.2, 0.25) is 0 Å². The standard InChI is InChI=1S/C23H28N2O4.C4H10/c1-12-7-19-16(9-21(12)27-3)14-5-6-25-10-17-13(2)29-11-18(23(26)28-4)15(17)8-20(25)22(14)24-19;1-3-4-2/h7,9,11,13,15,17,20,24H,5-6,8,10H2,1-4H3;3-4H2,1-2H3. The summed E-state index contributed by atoms with van der Waals surface area (Å²) < 4.78 is 16.4. The van der Waals surface area contributed by atoms with Gasteiger partial charge >= 0.3 is 5.97 Å². The minimum atomic E-state index is -0.270. The van der Waals surface area contributed by atoms with Gasteiger partial charge in [-0.05, 0) is 49.9 Å². The molecule has 3 aliphatic rings. The number of esters is 1. The second-order valence-corrected chi connectivity index (χ2v) is 9.56. The number of benzene rings is 1. The Morgan fingerprint density at radius 2 is 2.00 bits per heavy atom. The Kier molecular flexibility index (Phi) is 7.03. The van der Waals surface area contributed by atoms with Crippen LogP contribution in [0, 0.1) is 18.8 Å². The predicted molar refractivity (Wildman–Crippen MR) is 130 cm³/mol. The van der Waals surface area contributed by atoms with Crippen molar-refractivity contribution in [1.29, 1.82) is 0 Å². The summed E-state index contributed by atoms with van der Waals surface area (Å²) in [4.78, 5) is 18.6. The van der Waals surface area contributed by atoms with Crippen molar-refractivity contribution in [1.82, 2.24) is 9.88 Å². The molecule has 6 heteroatoms. The van der Waals surface area contributed by atoms with Crippen molar-refractivity contribution in [2.75, 3.05) is 27.3 Å². The maximum atomic E-state index is 12.4. The van der Waals surface area contributed by atoms with Crippen LogP contribution in [-0.4, -0.2) is 49.3 Å². The summed E-state index contributed by atoms with van der Waals surface area (Å²) in [7, 11) is 3.17. The number of aromatic amines is 1. The number of aryl methyl sites for hydroxylation is 1. The van der Waals surface area contributed by atoms with Gasteiger partial charge in [0.05, 0.1) is 38.2 Å². The molecule has 0 amide bonds. The molecule has 180 valence electrons. The van der Waals surface area contributed by atoms with Gasteiger partial charge in [0.1, 0.15) is 5.75 Å². The van der Waals surface area contributed by atoms with Gasteiger partial charge in [-0.15, -0.1) is 0 Å². The second kappa shape index (κ2) is 9.80. The van der Waals surface area contributed by atoms with Gasteiger partial charge in [-0.25, -0.2) is 4.79 Å². The number of methoxy groups -OCH3 is 2. The number of aromatic nitrogens is 1. The van der Waals surface area contributed by atoms with E-state index < -0.39 is 0 Å². The normalized spacial score (nSPS) is 26.1. The van der Waals surface area contributed by atoms with Crippen LogP contribution in [0.25, 0.3) is 10.9 Å². The van der Waals surface area contributed by atoms with Crippen molar-refractivity contribution >= 4 is 16.9 Å². The van der Waals surface area contributed by atoms with E-state index in [-0.39, 0.29) is 24.0 Å². The van der Waals surface area contributed by atoms with Crippen LogP contribution in [0.3, 0.4) is 0 Å². The van der Waals surface area contributed by atoms with Gasteiger partial charge in [-0.3, -0.25) is 4.90 Å². The lowest BCUT2D eigenvalue weighted by Crippen LogP contribution is -2.51. The summed E-state index contributed by atoms with van der Waals surface area (Å²) in [6.07, 6.45) is 6.29. The zero-order chi connectivity index (χ0) is 23.7. The van der Waals surface area contributed by atoms with Crippen LogP contribution in [-0.2, 0) is 20.7 Å². The van der Waals surface area contributed by atoms with E-state index >= 15 is 0 Å². The molecule has 4 unspecified atom stereocenters. The smallest absolute Gasteiger partial charge is 0.337 e. The lowest BCUT2D eigenvalue weighted by molar-refractivity contribution is -0.139. The number of fused-ring (bicyclic) bond motifs is 6. The van der Waals surface area contributed by atoms with E-state index in [4.69, 9.17) is 14.2 Å². The van der Waals surface area contributed by atoms with E-state index in [1.807, 2.05) is 0 Å². The third-order valence-electron chi connectivity index (χ3n) is 7.65. The highest BCUT2D eigenvalue weighted by atomic mass is 16.5. The third-order valence-corrected chi connectivity index (χ3v) is 7.65. The zero-order valence-corrected chi connectivity index (χ0v) is 20.9. The molecule has 4 heterocycles. The maximum Gasteiger partial charge on any atom is 0.337 e. The van der Waals surface area contributed by atoms with E-state index in [0.717, 1.165) is 37.2 Å². The van der Waals surface area contributed by atoms with Crippen molar-refractivity contribution in [3.63, 3.8) is 0 Å². The number of carbonyl (C=O) groups is 1. The first-order chi connectivity index (χ1) is 15.9. The number of H-pyrrole nitrogens is 1. The molecule has 2 aromatic rings. The summed E-state index contributed by atoms with van der Waals surface area (Å²) >= 11 is 0. The molecule has 1 saturated heterocycles. The lowest BCUT2D eigenvalue weighted by atomic mass is 9.72. The van der Waals surface area contributed by atoms with Gasteiger partial charge in [0.15, 0.2) is 0 Å². The molecule has 0 spiro atoms. The fraction of sp³-hybridized carbons (Fsp3) is 0.593. The molecule has 1 fully saturated rings. The Balaban J connectivity index is 0.000000601. The summed E-state index contributed by atoms with van der Waals surface area (Å²) in [5.41, 5.74) is 5.66. The highest BCUT2D eigenvalue weighted by Crippen LogP contribution is 2.48. The maximum absolute atomic E-state index is 12.4. The van der Waals surface area contributed by atoms with Crippen molar-refractivity contribution in [3.05, 3.63) is 40.8 Å². The highest BCUT2D eigenvalue weighted by Gasteiger charge is 2.46.